The minimum Gasteiger partial charge on any atom is -0.368 e. The highest BCUT2D eigenvalue weighted by Gasteiger charge is 2.30. The van der Waals surface area contributed by atoms with Crippen LogP contribution in [0.3, 0.4) is 0 Å². The molecule has 3 aromatic carbocycles. The first kappa shape index (κ1) is 26.1. The van der Waals surface area contributed by atoms with Crippen molar-refractivity contribution in [2.24, 2.45) is 0 Å². The van der Waals surface area contributed by atoms with E-state index in [0.717, 1.165) is 17.7 Å². The first-order chi connectivity index (χ1) is 17.2. The Bertz CT molecular complexity index is 1160. The van der Waals surface area contributed by atoms with E-state index in [0.29, 0.717) is 43.3 Å². The van der Waals surface area contributed by atoms with Gasteiger partial charge in [0.1, 0.15) is 5.82 Å². The van der Waals surface area contributed by atoms with Gasteiger partial charge in [-0.25, -0.2) is 4.39 Å². The molecule has 0 spiro atoms. The summed E-state index contributed by atoms with van der Waals surface area (Å²) in [5.41, 5.74) is 0.867. The molecule has 0 N–H and O–H groups in total. The Morgan fingerprint density at radius 1 is 0.917 bits per heavy atom. The van der Waals surface area contributed by atoms with Crippen LogP contribution < -0.4 is 0 Å². The van der Waals surface area contributed by atoms with Crippen LogP contribution >= 0.6 is 11.6 Å². The molecule has 0 aliphatic carbocycles. The maximum atomic E-state index is 14.0. The normalized spacial score (nSPS) is 15.6. The Morgan fingerprint density at radius 3 is 2.17 bits per heavy atom. The minimum atomic E-state index is -4.39. The minimum absolute atomic E-state index is 0.0601. The molecule has 1 amide bonds. The first-order valence-electron chi connectivity index (χ1n) is 11.5. The predicted molar refractivity (Wildman–Crippen MR) is 129 cm³/mol. The van der Waals surface area contributed by atoms with Crippen LogP contribution in [0.1, 0.15) is 33.2 Å². The third-order valence-electron chi connectivity index (χ3n) is 6.16. The molecular weight excluding hydrogens is 496 g/mol. The van der Waals surface area contributed by atoms with Gasteiger partial charge in [0.2, 0.25) is 0 Å². The van der Waals surface area contributed by atoms with E-state index in [4.69, 9.17) is 16.3 Å². The van der Waals surface area contributed by atoms with Crippen molar-refractivity contribution in [1.29, 1.82) is 0 Å². The van der Waals surface area contributed by atoms with Gasteiger partial charge in [0.25, 0.3) is 5.91 Å². The lowest BCUT2D eigenvalue weighted by atomic mass is 10.1. The van der Waals surface area contributed by atoms with Crippen molar-refractivity contribution >= 4 is 17.5 Å². The monoisotopic (exact) mass is 520 g/mol. The molecule has 1 heterocycles. The van der Waals surface area contributed by atoms with Crippen molar-refractivity contribution in [3.8, 4) is 0 Å². The molecular formula is C27H25ClF4N2O2. The zero-order valence-corrected chi connectivity index (χ0v) is 20.1. The van der Waals surface area contributed by atoms with Crippen LogP contribution in [0.25, 0.3) is 0 Å². The van der Waals surface area contributed by atoms with Gasteiger partial charge in [-0.1, -0.05) is 48.0 Å². The summed E-state index contributed by atoms with van der Waals surface area (Å²) in [5.74, 6) is -0.870. The lowest BCUT2D eigenvalue weighted by molar-refractivity contribution is -0.137. The van der Waals surface area contributed by atoms with Crippen molar-refractivity contribution < 1.29 is 27.1 Å². The Morgan fingerprint density at radius 2 is 1.56 bits per heavy atom. The van der Waals surface area contributed by atoms with E-state index in [-0.39, 0.29) is 24.2 Å². The fourth-order valence-corrected chi connectivity index (χ4v) is 4.22. The van der Waals surface area contributed by atoms with E-state index < -0.39 is 17.6 Å². The Kier molecular flexibility index (Phi) is 8.28. The maximum absolute atomic E-state index is 14.0. The standard InChI is InChI=1S/C27H25ClF4N2O2/c28-22-11-7-20(8-12-22)25(36-18-19-5-9-21(10-6-19)27(30,31)32)17-33-13-15-34(16-14-33)26(35)23-3-1-2-4-24(23)29/h1-12,25H,13-18H2/t25-/m0/s1. The molecule has 0 bridgehead atoms. The third kappa shape index (κ3) is 6.63. The maximum Gasteiger partial charge on any atom is 0.416 e. The van der Waals surface area contributed by atoms with Crippen LogP contribution in [0.2, 0.25) is 5.02 Å². The van der Waals surface area contributed by atoms with Crippen molar-refractivity contribution in [3.63, 3.8) is 0 Å². The number of alkyl halides is 3. The molecule has 190 valence electrons. The summed E-state index contributed by atoms with van der Waals surface area (Å²) >= 11 is 6.03. The quantitative estimate of drug-likeness (QED) is 0.347. The highest BCUT2D eigenvalue weighted by molar-refractivity contribution is 6.30. The van der Waals surface area contributed by atoms with Crippen LogP contribution in [-0.2, 0) is 17.5 Å². The summed E-state index contributed by atoms with van der Waals surface area (Å²) in [5, 5.41) is 0.584. The number of hydrogen-bond donors (Lipinski definition) is 0. The van der Waals surface area contributed by atoms with Crippen LogP contribution in [0.4, 0.5) is 17.6 Å². The molecule has 36 heavy (non-hydrogen) atoms. The molecule has 1 aliphatic rings. The lowest BCUT2D eigenvalue weighted by Gasteiger charge is -2.36. The van der Waals surface area contributed by atoms with Gasteiger partial charge in [-0.3, -0.25) is 9.69 Å². The first-order valence-corrected chi connectivity index (χ1v) is 11.9. The molecule has 4 rings (SSSR count). The highest BCUT2D eigenvalue weighted by atomic mass is 35.5. The summed E-state index contributed by atoms with van der Waals surface area (Å²) in [4.78, 5) is 16.5. The topological polar surface area (TPSA) is 32.8 Å². The van der Waals surface area contributed by atoms with Gasteiger partial charge in [-0.2, -0.15) is 13.2 Å². The van der Waals surface area contributed by atoms with Gasteiger partial charge >= 0.3 is 6.18 Å². The molecule has 1 aliphatic heterocycles. The molecule has 0 saturated carbocycles. The van der Waals surface area contributed by atoms with Crippen LogP contribution in [0, 0.1) is 5.82 Å². The van der Waals surface area contributed by atoms with Crippen LogP contribution in [-0.4, -0.2) is 48.4 Å². The average Bonchev–Trinajstić information content (AvgIpc) is 2.87. The zero-order valence-electron chi connectivity index (χ0n) is 19.3. The summed E-state index contributed by atoms with van der Waals surface area (Å²) < 4.78 is 58.7. The van der Waals surface area contributed by atoms with Crippen molar-refractivity contribution in [3.05, 3.63) is 106 Å². The number of nitrogens with zero attached hydrogens (tertiary/aromatic N) is 2. The molecule has 1 atom stereocenters. The summed E-state index contributed by atoms with van der Waals surface area (Å²) in [6.07, 6.45) is -4.75. The van der Waals surface area contributed by atoms with E-state index in [1.165, 1.54) is 24.3 Å². The van der Waals surface area contributed by atoms with Crippen molar-refractivity contribution in [1.82, 2.24) is 9.80 Å². The van der Waals surface area contributed by atoms with E-state index in [2.05, 4.69) is 4.90 Å². The average molecular weight is 521 g/mol. The number of carbonyl (C=O) groups excluding carboxylic acids is 1. The number of amides is 1. The SMILES string of the molecule is O=C(c1ccccc1F)N1CCN(C[C@H](OCc2ccc(C(F)(F)F)cc2)c2ccc(Cl)cc2)CC1. The Hall–Kier alpha value is -2.94. The molecule has 1 fully saturated rings. The van der Waals surface area contributed by atoms with Crippen LogP contribution in [0.5, 0.6) is 0 Å². The second-order valence-corrected chi connectivity index (χ2v) is 9.05. The zero-order chi connectivity index (χ0) is 25.7. The second-order valence-electron chi connectivity index (χ2n) is 8.62. The van der Waals surface area contributed by atoms with E-state index >= 15 is 0 Å². The molecule has 0 unspecified atom stereocenters. The number of carbonyl (C=O) groups is 1. The molecule has 1 saturated heterocycles. The summed E-state index contributed by atoms with van der Waals surface area (Å²) in [7, 11) is 0. The highest BCUT2D eigenvalue weighted by Crippen LogP contribution is 2.30. The Balaban J connectivity index is 1.39. The molecule has 0 radical (unpaired) electrons. The van der Waals surface area contributed by atoms with Gasteiger partial charge in [-0.15, -0.1) is 0 Å². The number of halogens is 5. The molecule has 9 heteroatoms. The van der Waals surface area contributed by atoms with E-state index in [9.17, 15) is 22.4 Å². The van der Waals surface area contributed by atoms with E-state index in [1.807, 2.05) is 12.1 Å². The third-order valence-corrected chi connectivity index (χ3v) is 6.41. The number of rotatable bonds is 7. The van der Waals surface area contributed by atoms with Crippen LogP contribution in [0.15, 0.2) is 72.8 Å². The smallest absolute Gasteiger partial charge is 0.368 e. The fourth-order valence-electron chi connectivity index (χ4n) is 4.09. The number of ether oxygens (including phenoxy) is 1. The molecule has 0 aromatic heterocycles. The molecule has 3 aromatic rings. The van der Waals surface area contributed by atoms with Gasteiger partial charge in [0, 0.05) is 37.7 Å². The number of hydrogen-bond acceptors (Lipinski definition) is 3. The van der Waals surface area contributed by atoms with Crippen molar-refractivity contribution in [2.75, 3.05) is 32.7 Å². The van der Waals surface area contributed by atoms with Gasteiger partial charge in [-0.05, 0) is 47.5 Å². The largest absolute Gasteiger partial charge is 0.416 e. The number of benzene rings is 3. The van der Waals surface area contributed by atoms with Gasteiger partial charge < -0.3 is 9.64 Å². The number of piperazine rings is 1. The van der Waals surface area contributed by atoms with E-state index in [1.54, 1.807) is 29.2 Å². The van der Waals surface area contributed by atoms with Crippen molar-refractivity contribution in [2.45, 2.75) is 18.9 Å². The van der Waals surface area contributed by atoms with Gasteiger partial charge in [0.05, 0.1) is 23.8 Å². The molecule has 4 nitrogen and oxygen atoms in total. The van der Waals surface area contributed by atoms with Gasteiger partial charge in [0.15, 0.2) is 0 Å². The Labute approximate surface area is 212 Å². The summed E-state index contributed by atoms with van der Waals surface area (Å²) in [6, 6.07) is 18.1. The lowest BCUT2D eigenvalue weighted by Crippen LogP contribution is -2.49. The summed E-state index contributed by atoms with van der Waals surface area (Å²) in [6.45, 7) is 2.70. The predicted octanol–water partition coefficient (Wildman–Crippen LogP) is 6.21. The fraction of sp³-hybridized carbons (Fsp3) is 0.296. The second kappa shape index (κ2) is 11.4.